The molecule has 86 valence electrons. The summed E-state index contributed by atoms with van der Waals surface area (Å²) in [7, 11) is 0. The summed E-state index contributed by atoms with van der Waals surface area (Å²) >= 11 is 5.78. The van der Waals surface area contributed by atoms with Gasteiger partial charge in [0.2, 0.25) is 0 Å². The van der Waals surface area contributed by atoms with E-state index in [2.05, 4.69) is 6.07 Å². The summed E-state index contributed by atoms with van der Waals surface area (Å²) in [6.07, 6.45) is -0.696. The molecule has 2 atom stereocenters. The molecule has 1 aromatic rings. The van der Waals surface area contributed by atoms with Gasteiger partial charge in [-0.05, 0) is 23.1 Å². The number of aliphatic hydroxyl groups excluding tert-OH is 1. The van der Waals surface area contributed by atoms with Crippen LogP contribution in [0.4, 0.5) is 0 Å². The number of hydrogen-bond acceptors (Lipinski definition) is 2. The van der Waals surface area contributed by atoms with Gasteiger partial charge in [-0.15, -0.1) is 0 Å². The minimum absolute atomic E-state index is 0.319. The molecule has 0 saturated heterocycles. The molecule has 1 aromatic carbocycles. The van der Waals surface area contributed by atoms with Gasteiger partial charge in [-0.25, -0.2) is 0 Å². The zero-order chi connectivity index (χ0) is 12.3. The quantitative estimate of drug-likeness (QED) is 0.857. The number of nitriles is 1. The summed E-state index contributed by atoms with van der Waals surface area (Å²) in [4.78, 5) is 0. The maximum absolute atomic E-state index is 10.1. The summed E-state index contributed by atoms with van der Waals surface area (Å²) in [5.41, 5.74) is 0.481. The summed E-state index contributed by atoms with van der Waals surface area (Å²) in [5.74, 6) is -0.516. The highest BCUT2D eigenvalue weighted by Gasteiger charge is 2.31. The second kappa shape index (κ2) is 4.86. The molecule has 2 unspecified atom stereocenters. The highest BCUT2D eigenvalue weighted by atomic mass is 35.5. The van der Waals surface area contributed by atoms with Crippen molar-refractivity contribution in [2.24, 2.45) is 5.41 Å². The molecule has 16 heavy (non-hydrogen) atoms. The first-order valence-electron chi connectivity index (χ1n) is 5.19. The highest BCUT2D eigenvalue weighted by molar-refractivity contribution is 6.30. The van der Waals surface area contributed by atoms with E-state index in [1.807, 2.05) is 20.8 Å². The summed E-state index contributed by atoms with van der Waals surface area (Å²) < 4.78 is 0. The number of nitrogens with zero attached hydrogens (tertiary/aromatic N) is 1. The largest absolute Gasteiger partial charge is 0.391 e. The number of hydrogen-bond donors (Lipinski definition) is 1. The first kappa shape index (κ1) is 13.0. The summed E-state index contributed by atoms with van der Waals surface area (Å²) in [6, 6.07) is 9.18. The molecule has 0 amide bonds. The second-order valence-electron chi connectivity index (χ2n) is 4.97. The lowest BCUT2D eigenvalue weighted by Crippen LogP contribution is -2.31. The Morgan fingerprint density at radius 3 is 2.12 bits per heavy atom. The third-order valence-corrected chi connectivity index (χ3v) is 2.82. The highest BCUT2D eigenvalue weighted by Crippen LogP contribution is 2.31. The molecule has 0 fully saturated rings. The van der Waals surface area contributed by atoms with E-state index >= 15 is 0 Å². The van der Waals surface area contributed by atoms with Gasteiger partial charge in [0.25, 0.3) is 0 Å². The Labute approximate surface area is 101 Å². The predicted molar refractivity (Wildman–Crippen MR) is 65.3 cm³/mol. The Balaban J connectivity index is 3.00. The zero-order valence-corrected chi connectivity index (χ0v) is 10.5. The van der Waals surface area contributed by atoms with Crippen LogP contribution in [0.5, 0.6) is 0 Å². The van der Waals surface area contributed by atoms with Gasteiger partial charge in [0.15, 0.2) is 0 Å². The van der Waals surface area contributed by atoms with Crippen LogP contribution in [0.2, 0.25) is 5.02 Å². The van der Waals surface area contributed by atoms with Crippen LogP contribution in [0, 0.1) is 16.7 Å². The van der Waals surface area contributed by atoms with Gasteiger partial charge < -0.3 is 5.11 Å². The van der Waals surface area contributed by atoms with Crippen LogP contribution in [-0.2, 0) is 0 Å². The van der Waals surface area contributed by atoms with Crippen molar-refractivity contribution >= 4 is 11.6 Å². The van der Waals surface area contributed by atoms with Crippen molar-refractivity contribution in [1.82, 2.24) is 0 Å². The van der Waals surface area contributed by atoms with Crippen LogP contribution < -0.4 is 0 Å². The van der Waals surface area contributed by atoms with Crippen LogP contribution in [0.1, 0.15) is 32.3 Å². The van der Waals surface area contributed by atoms with Crippen LogP contribution in [0.15, 0.2) is 24.3 Å². The molecule has 0 aliphatic carbocycles. The second-order valence-corrected chi connectivity index (χ2v) is 5.41. The lowest BCUT2D eigenvalue weighted by atomic mass is 9.79. The first-order chi connectivity index (χ1) is 7.36. The SMILES string of the molecule is CC(C)(C)C(O)C(C#N)c1ccc(Cl)cc1. The van der Waals surface area contributed by atoms with Gasteiger partial charge in [0.05, 0.1) is 18.1 Å². The molecule has 1 rings (SSSR count). The van der Waals surface area contributed by atoms with Crippen LogP contribution in [-0.4, -0.2) is 11.2 Å². The Hall–Kier alpha value is -1.04. The fourth-order valence-electron chi connectivity index (χ4n) is 1.50. The van der Waals surface area contributed by atoms with Crippen molar-refractivity contribution in [2.75, 3.05) is 0 Å². The Bertz CT molecular complexity index is 386. The van der Waals surface area contributed by atoms with Gasteiger partial charge in [-0.1, -0.05) is 44.5 Å². The minimum Gasteiger partial charge on any atom is -0.391 e. The topological polar surface area (TPSA) is 44.0 Å². The number of rotatable bonds is 2. The van der Waals surface area contributed by atoms with E-state index in [1.165, 1.54) is 0 Å². The first-order valence-corrected chi connectivity index (χ1v) is 5.57. The van der Waals surface area contributed by atoms with Gasteiger partial charge in [-0.2, -0.15) is 5.26 Å². The third kappa shape index (κ3) is 2.98. The standard InChI is InChI=1S/C13H16ClNO/c1-13(2,3)12(16)11(8-15)9-4-6-10(14)7-5-9/h4-7,11-12,16H,1-3H3. The summed E-state index contributed by atoms with van der Waals surface area (Å²) in [6.45, 7) is 5.74. The smallest absolute Gasteiger partial charge is 0.0976 e. The van der Waals surface area contributed by atoms with E-state index in [0.29, 0.717) is 5.02 Å². The van der Waals surface area contributed by atoms with Crippen molar-refractivity contribution in [3.8, 4) is 6.07 Å². The molecule has 0 bridgehead atoms. The van der Waals surface area contributed by atoms with Crippen molar-refractivity contribution in [3.05, 3.63) is 34.9 Å². The Morgan fingerprint density at radius 2 is 1.75 bits per heavy atom. The number of aliphatic hydroxyl groups is 1. The van der Waals surface area contributed by atoms with Gasteiger partial charge >= 0.3 is 0 Å². The van der Waals surface area contributed by atoms with E-state index in [9.17, 15) is 5.11 Å². The van der Waals surface area contributed by atoms with Crippen molar-refractivity contribution in [3.63, 3.8) is 0 Å². The normalized spacial score (nSPS) is 15.2. The lowest BCUT2D eigenvalue weighted by Gasteiger charge is -2.29. The van der Waals surface area contributed by atoms with Crippen LogP contribution in [0.25, 0.3) is 0 Å². The number of benzene rings is 1. The van der Waals surface area contributed by atoms with Gasteiger partial charge in [0.1, 0.15) is 0 Å². The number of halogens is 1. The average molecular weight is 238 g/mol. The van der Waals surface area contributed by atoms with E-state index < -0.39 is 12.0 Å². The van der Waals surface area contributed by atoms with E-state index in [1.54, 1.807) is 24.3 Å². The van der Waals surface area contributed by atoms with E-state index in [0.717, 1.165) is 5.56 Å². The minimum atomic E-state index is -0.696. The molecule has 3 heteroatoms. The monoisotopic (exact) mass is 237 g/mol. The molecule has 1 N–H and O–H groups in total. The fraction of sp³-hybridized carbons (Fsp3) is 0.462. The van der Waals surface area contributed by atoms with E-state index in [-0.39, 0.29) is 5.41 Å². The molecule has 0 aliphatic rings. The maximum atomic E-state index is 10.1. The fourth-order valence-corrected chi connectivity index (χ4v) is 1.62. The Kier molecular flexibility index (Phi) is 3.96. The molecule has 0 spiro atoms. The molecule has 2 nitrogen and oxygen atoms in total. The van der Waals surface area contributed by atoms with Crippen LogP contribution in [0.3, 0.4) is 0 Å². The van der Waals surface area contributed by atoms with Crippen LogP contribution >= 0.6 is 11.6 Å². The predicted octanol–water partition coefficient (Wildman–Crippen LogP) is 3.35. The average Bonchev–Trinajstić information content (AvgIpc) is 2.20. The van der Waals surface area contributed by atoms with Gasteiger partial charge in [0, 0.05) is 5.02 Å². The molecule has 0 heterocycles. The van der Waals surface area contributed by atoms with Crippen molar-refractivity contribution in [1.29, 1.82) is 5.26 Å². The van der Waals surface area contributed by atoms with Gasteiger partial charge in [-0.3, -0.25) is 0 Å². The maximum Gasteiger partial charge on any atom is 0.0976 e. The molecular weight excluding hydrogens is 222 g/mol. The molecule has 0 saturated carbocycles. The molecular formula is C13H16ClNO. The molecule has 0 radical (unpaired) electrons. The molecule has 0 aromatic heterocycles. The third-order valence-electron chi connectivity index (χ3n) is 2.57. The molecule has 0 aliphatic heterocycles. The summed E-state index contributed by atoms with van der Waals surface area (Å²) in [5, 5.41) is 19.9. The Morgan fingerprint density at radius 1 is 1.25 bits per heavy atom. The zero-order valence-electron chi connectivity index (χ0n) is 9.74. The lowest BCUT2D eigenvalue weighted by molar-refractivity contribution is 0.0527. The van der Waals surface area contributed by atoms with Crippen molar-refractivity contribution in [2.45, 2.75) is 32.8 Å². The van der Waals surface area contributed by atoms with Crippen molar-refractivity contribution < 1.29 is 5.11 Å². The van der Waals surface area contributed by atoms with E-state index in [4.69, 9.17) is 16.9 Å².